The zero-order valence-electron chi connectivity index (χ0n) is 17.6. The molecule has 5 rings (SSSR count). The van der Waals surface area contributed by atoms with Crippen molar-refractivity contribution >= 4 is 41.6 Å². The Bertz CT molecular complexity index is 1300. The summed E-state index contributed by atoms with van der Waals surface area (Å²) < 4.78 is 56.7. The van der Waals surface area contributed by atoms with Gasteiger partial charge in [0.15, 0.2) is 0 Å². The Hall–Kier alpha value is -1.85. The van der Waals surface area contributed by atoms with Crippen molar-refractivity contribution in [3.05, 3.63) is 53.5 Å². The number of aromatic nitrogens is 1. The van der Waals surface area contributed by atoms with E-state index in [0.717, 1.165) is 47.3 Å². The lowest BCUT2D eigenvalue weighted by molar-refractivity contribution is 0.255. The Balaban J connectivity index is 1.45. The van der Waals surface area contributed by atoms with Crippen molar-refractivity contribution in [3.8, 4) is 0 Å². The van der Waals surface area contributed by atoms with Crippen LogP contribution in [0.5, 0.6) is 0 Å². The van der Waals surface area contributed by atoms with Gasteiger partial charge in [-0.3, -0.25) is 0 Å². The fourth-order valence-electron chi connectivity index (χ4n) is 4.47. The normalized spacial score (nSPS) is 21.3. The van der Waals surface area contributed by atoms with Gasteiger partial charge in [0.25, 0.3) is 0 Å². The molecule has 1 unspecified atom stereocenters. The number of hydrogen-bond donors (Lipinski definition) is 0. The maximum absolute atomic E-state index is 13.5. The van der Waals surface area contributed by atoms with Crippen LogP contribution in [0.25, 0.3) is 10.2 Å². The minimum absolute atomic E-state index is 0.117. The molecule has 2 aromatic carbocycles. The molecule has 32 heavy (non-hydrogen) atoms. The molecule has 0 amide bonds. The van der Waals surface area contributed by atoms with Crippen LogP contribution in [0, 0.1) is 0 Å². The molecule has 170 valence electrons. The Morgan fingerprint density at radius 2 is 1.41 bits per heavy atom. The van der Waals surface area contributed by atoms with Gasteiger partial charge in [0.2, 0.25) is 20.0 Å². The van der Waals surface area contributed by atoms with Crippen LogP contribution in [0.1, 0.15) is 43.2 Å². The van der Waals surface area contributed by atoms with Gasteiger partial charge in [-0.05, 0) is 62.1 Å². The van der Waals surface area contributed by atoms with Crippen LogP contribution in [0.3, 0.4) is 0 Å². The maximum atomic E-state index is 13.5. The summed E-state index contributed by atoms with van der Waals surface area (Å²) in [6, 6.07) is 13.2. The largest absolute Gasteiger partial charge is 0.243 e. The predicted molar refractivity (Wildman–Crippen MR) is 125 cm³/mol. The summed E-state index contributed by atoms with van der Waals surface area (Å²) in [4.78, 5) is 4.97. The molecule has 10 heteroatoms. The summed E-state index contributed by atoms with van der Waals surface area (Å²) in [5.74, 6) is 0. The SMILES string of the molecule is O=S(=O)(c1ccc(S(=O)(=O)N2CCCCC2c2nc3ccccc3s2)cc1)N1CCCC1. The molecule has 2 aliphatic heterocycles. The molecule has 1 atom stereocenters. The highest BCUT2D eigenvalue weighted by molar-refractivity contribution is 7.89. The van der Waals surface area contributed by atoms with E-state index in [2.05, 4.69) is 0 Å². The van der Waals surface area contributed by atoms with Gasteiger partial charge in [-0.25, -0.2) is 21.8 Å². The minimum Gasteiger partial charge on any atom is -0.239 e. The Morgan fingerprint density at radius 3 is 2.09 bits per heavy atom. The van der Waals surface area contributed by atoms with Crippen LogP contribution in [-0.2, 0) is 20.0 Å². The summed E-state index contributed by atoms with van der Waals surface area (Å²) in [6.45, 7) is 1.46. The van der Waals surface area contributed by atoms with E-state index in [4.69, 9.17) is 4.98 Å². The van der Waals surface area contributed by atoms with Gasteiger partial charge < -0.3 is 0 Å². The highest BCUT2D eigenvalue weighted by atomic mass is 32.2. The topological polar surface area (TPSA) is 87.6 Å². The van der Waals surface area contributed by atoms with Crippen LogP contribution in [0.4, 0.5) is 0 Å². The van der Waals surface area contributed by atoms with E-state index in [1.165, 1.54) is 44.2 Å². The lowest BCUT2D eigenvalue weighted by Gasteiger charge is -2.33. The average molecular weight is 492 g/mol. The second-order valence-corrected chi connectivity index (χ2v) is 13.1. The fraction of sp³-hybridized carbons (Fsp3) is 0.409. The number of fused-ring (bicyclic) bond motifs is 1. The van der Waals surface area contributed by atoms with Crippen molar-refractivity contribution in [2.24, 2.45) is 0 Å². The van der Waals surface area contributed by atoms with E-state index < -0.39 is 20.0 Å². The van der Waals surface area contributed by atoms with E-state index in [0.29, 0.717) is 19.6 Å². The Labute approximate surface area is 192 Å². The number of para-hydroxylation sites is 1. The third kappa shape index (κ3) is 3.88. The summed E-state index contributed by atoms with van der Waals surface area (Å²) in [5.41, 5.74) is 0.881. The molecule has 0 N–H and O–H groups in total. The molecule has 3 aromatic rings. The lowest BCUT2D eigenvalue weighted by atomic mass is 10.1. The lowest BCUT2D eigenvalue weighted by Crippen LogP contribution is -2.38. The van der Waals surface area contributed by atoms with Crippen molar-refractivity contribution in [1.82, 2.24) is 13.6 Å². The summed E-state index contributed by atoms with van der Waals surface area (Å²) in [5, 5.41) is 0.808. The summed E-state index contributed by atoms with van der Waals surface area (Å²) in [7, 11) is -7.36. The predicted octanol–water partition coefficient (Wildman–Crippen LogP) is 4.00. The van der Waals surface area contributed by atoms with Crippen LogP contribution in [-0.4, -0.2) is 50.1 Å². The van der Waals surface area contributed by atoms with E-state index in [1.807, 2.05) is 24.3 Å². The van der Waals surface area contributed by atoms with Crippen LogP contribution in [0.15, 0.2) is 58.3 Å². The van der Waals surface area contributed by atoms with Gasteiger partial charge >= 0.3 is 0 Å². The number of piperidine rings is 1. The minimum atomic E-state index is -3.79. The van der Waals surface area contributed by atoms with E-state index in [1.54, 1.807) is 0 Å². The molecule has 0 spiro atoms. The van der Waals surface area contributed by atoms with E-state index in [-0.39, 0.29) is 15.8 Å². The quantitative estimate of drug-likeness (QED) is 0.538. The third-order valence-electron chi connectivity index (χ3n) is 6.18. The van der Waals surface area contributed by atoms with Gasteiger partial charge in [-0.15, -0.1) is 11.3 Å². The number of sulfonamides is 2. The molecule has 2 saturated heterocycles. The second kappa shape index (κ2) is 8.49. The van der Waals surface area contributed by atoms with Crippen LogP contribution < -0.4 is 0 Å². The molecule has 7 nitrogen and oxygen atoms in total. The zero-order valence-corrected chi connectivity index (χ0v) is 20.0. The van der Waals surface area contributed by atoms with Crippen molar-refractivity contribution in [2.45, 2.75) is 47.9 Å². The van der Waals surface area contributed by atoms with Crippen molar-refractivity contribution in [3.63, 3.8) is 0 Å². The number of rotatable bonds is 5. The summed E-state index contributed by atoms with van der Waals surface area (Å²) >= 11 is 1.54. The standard InChI is InChI=1S/C22H25N3O4S3/c26-31(27,24-14-5-6-15-24)17-10-12-18(13-11-17)32(28,29)25-16-4-3-8-20(25)22-23-19-7-1-2-9-21(19)30-22/h1-2,7,9-13,20H,3-6,8,14-16H2. The average Bonchev–Trinajstić information content (AvgIpc) is 3.50. The first-order chi connectivity index (χ1) is 15.4. The molecule has 0 saturated carbocycles. The molecule has 1 aromatic heterocycles. The Morgan fingerprint density at radius 1 is 0.781 bits per heavy atom. The second-order valence-electron chi connectivity index (χ2n) is 8.23. The van der Waals surface area contributed by atoms with E-state index in [9.17, 15) is 16.8 Å². The molecular formula is C22H25N3O4S3. The van der Waals surface area contributed by atoms with Gasteiger partial charge in [-0.1, -0.05) is 18.6 Å². The van der Waals surface area contributed by atoms with Crippen LogP contribution >= 0.6 is 11.3 Å². The first kappa shape index (κ1) is 22.0. The summed E-state index contributed by atoms with van der Waals surface area (Å²) in [6.07, 6.45) is 4.17. The van der Waals surface area contributed by atoms with Crippen molar-refractivity contribution in [1.29, 1.82) is 0 Å². The zero-order chi connectivity index (χ0) is 22.3. The van der Waals surface area contributed by atoms with Gasteiger partial charge in [0, 0.05) is 19.6 Å². The fourth-order valence-corrected chi connectivity index (χ4v) is 8.83. The van der Waals surface area contributed by atoms with E-state index >= 15 is 0 Å². The van der Waals surface area contributed by atoms with Gasteiger partial charge in [0.05, 0.1) is 26.0 Å². The number of hydrogen-bond acceptors (Lipinski definition) is 6. The van der Waals surface area contributed by atoms with Gasteiger partial charge in [0.1, 0.15) is 5.01 Å². The molecule has 0 radical (unpaired) electrons. The van der Waals surface area contributed by atoms with Crippen LogP contribution in [0.2, 0.25) is 0 Å². The molecule has 3 heterocycles. The number of thiazole rings is 1. The highest BCUT2D eigenvalue weighted by Crippen LogP contribution is 2.38. The molecule has 0 bridgehead atoms. The maximum Gasteiger partial charge on any atom is 0.243 e. The number of benzene rings is 2. The van der Waals surface area contributed by atoms with Crippen molar-refractivity contribution < 1.29 is 16.8 Å². The molecule has 2 aliphatic rings. The molecule has 0 aliphatic carbocycles. The first-order valence-electron chi connectivity index (χ1n) is 10.8. The van der Waals surface area contributed by atoms with Crippen molar-refractivity contribution in [2.75, 3.05) is 19.6 Å². The Kier molecular flexibility index (Phi) is 5.83. The highest BCUT2D eigenvalue weighted by Gasteiger charge is 2.36. The smallest absolute Gasteiger partial charge is 0.239 e. The first-order valence-corrected chi connectivity index (χ1v) is 14.5. The monoisotopic (exact) mass is 491 g/mol. The molecule has 2 fully saturated rings. The van der Waals surface area contributed by atoms with Gasteiger partial charge in [-0.2, -0.15) is 8.61 Å². The third-order valence-corrected chi connectivity index (χ3v) is 11.2. The number of nitrogens with zero attached hydrogens (tertiary/aromatic N) is 3. The molecular weight excluding hydrogens is 466 g/mol.